The summed E-state index contributed by atoms with van der Waals surface area (Å²) >= 11 is 0. The number of anilines is 1. The van der Waals surface area contributed by atoms with Gasteiger partial charge in [-0.05, 0) is 30.9 Å². The Hall–Kier alpha value is -2.63. The van der Waals surface area contributed by atoms with Crippen LogP contribution in [0.1, 0.15) is 28.9 Å². The second-order valence-corrected chi connectivity index (χ2v) is 6.66. The minimum Gasteiger partial charge on any atom is -0.493 e. The summed E-state index contributed by atoms with van der Waals surface area (Å²) in [6.45, 7) is 3.06. The van der Waals surface area contributed by atoms with Crippen LogP contribution in [0.4, 0.5) is 5.82 Å². The molecule has 0 spiro atoms. The molecular formula is C19H22N4O2. The van der Waals surface area contributed by atoms with Crippen molar-refractivity contribution < 1.29 is 9.53 Å². The largest absolute Gasteiger partial charge is 0.493 e. The third-order valence-electron chi connectivity index (χ3n) is 4.77. The summed E-state index contributed by atoms with van der Waals surface area (Å²) in [5, 5.41) is 3.31. The van der Waals surface area contributed by atoms with E-state index in [0.717, 1.165) is 44.6 Å². The van der Waals surface area contributed by atoms with Gasteiger partial charge in [0.2, 0.25) is 0 Å². The fraction of sp³-hybridized carbons (Fsp3) is 0.421. The first-order valence-corrected chi connectivity index (χ1v) is 8.85. The summed E-state index contributed by atoms with van der Waals surface area (Å²) in [5.41, 5.74) is 1.65. The minimum absolute atomic E-state index is 0.0245. The Morgan fingerprint density at radius 2 is 2.08 bits per heavy atom. The lowest BCUT2D eigenvalue weighted by Gasteiger charge is -2.25. The van der Waals surface area contributed by atoms with Crippen molar-refractivity contribution in [1.82, 2.24) is 14.9 Å². The Morgan fingerprint density at radius 3 is 2.96 bits per heavy atom. The second-order valence-electron chi connectivity index (χ2n) is 6.66. The Balaban J connectivity index is 1.37. The van der Waals surface area contributed by atoms with E-state index >= 15 is 0 Å². The van der Waals surface area contributed by atoms with Gasteiger partial charge in [0.25, 0.3) is 5.91 Å². The number of aromatic nitrogens is 2. The lowest BCUT2D eigenvalue weighted by atomic mass is 9.97. The standard InChI is InChI=1S/C19H22N4O2/c24-19(23-7-3-4-8-23)16-11-20-12-18(22-16)21-10-14-9-15-5-1-2-6-17(15)25-13-14/h1-2,5-6,11-12,14H,3-4,7-10,13H2,(H,21,22). The van der Waals surface area contributed by atoms with Crippen LogP contribution in [0, 0.1) is 5.92 Å². The van der Waals surface area contributed by atoms with E-state index in [4.69, 9.17) is 4.74 Å². The van der Waals surface area contributed by atoms with E-state index < -0.39 is 0 Å². The highest BCUT2D eigenvalue weighted by Crippen LogP contribution is 2.26. The monoisotopic (exact) mass is 338 g/mol. The van der Waals surface area contributed by atoms with Gasteiger partial charge in [-0.1, -0.05) is 18.2 Å². The molecule has 1 saturated heterocycles. The van der Waals surface area contributed by atoms with Crippen LogP contribution in [0.2, 0.25) is 0 Å². The molecule has 1 fully saturated rings. The van der Waals surface area contributed by atoms with Gasteiger partial charge in [-0.15, -0.1) is 0 Å². The molecule has 130 valence electrons. The number of likely N-dealkylation sites (tertiary alicyclic amines) is 1. The van der Waals surface area contributed by atoms with E-state index in [1.165, 1.54) is 5.56 Å². The summed E-state index contributed by atoms with van der Waals surface area (Å²) < 4.78 is 5.82. The van der Waals surface area contributed by atoms with Crippen LogP contribution in [-0.4, -0.2) is 47.0 Å². The molecule has 2 aromatic rings. The van der Waals surface area contributed by atoms with Gasteiger partial charge < -0.3 is 15.0 Å². The number of carbonyl (C=O) groups excluding carboxylic acids is 1. The van der Waals surface area contributed by atoms with Crippen LogP contribution >= 0.6 is 0 Å². The van der Waals surface area contributed by atoms with Crippen LogP contribution in [0.3, 0.4) is 0 Å². The SMILES string of the molecule is O=C(c1cncc(NCC2COc3ccccc3C2)n1)N1CCCC1. The number of carbonyl (C=O) groups is 1. The van der Waals surface area contributed by atoms with Crippen LogP contribution in [-0.2, 0) is 6.42 Å². The van der Waals surface area contributed by atoms with E-state index in [9.17, 15) is 4.79 Å². The number of benzene rings is 1. The molecule has 3 heterocycles. The van der Waals surface area contributed by atoms with Crippen LogP contribution in [0.25, 0.3) is 0 Å². The van der Waals surface area contributed by atoms with E-state index in [1.54, 1.807) is 12.4 Å². The molecule has 6 heteroatoms. The van der Waals surface area contributed by atoms with Gasteiger partial charge in [0.1, 0.15) is 17.3 Å². The van der Waals surface area contributed by atoms with Crippen LogP contribution in [0.5, 0.6) is 5.75 Å². The minimum atomic E-state index is -0.0245. The van der Waals surface area contributed by atoms with E-state index in [-0.39, 0.29) is 5.91 Å². The van der Waals surface area contributed by atoms with Crippen molar-refractivity contribution in [3.8, 4) is 5.75 Å². The molecule has 1 amide bonds. The van der Waals surface area contributed by atoms with Crippen LogP contribution in [0.15, 0.2) is 36.7 Å². The third-order valence-corrected chi connectivity index (χ3v) is 4.77. The van der Waals surface area contributed by atoms with Crippen molar-refractivity contribution in [2.45, 2.75) is 19.3 Å². The Morgan fingerprint density at radius 1 is 1.24 bits per heavy atom. The summed E-state index contributed by atoms with van der Waals surface area (Å²) in [6.07, 6.45) is 6.33. The molecule has 1 N–H and O–H groups in total. The number of hydrogen-bond acceptors (Lipinski definition) is 5. The number of hydrogen-bond donors (Lipinski definition) is 1. The summed E-state index contributed by atoms with van der Waals surface area (Å²) in [6, 6.07) is 8.15. The average Bonchev–Trinajstić information content (AvgIpc) is 3.20. The zero-order valence-electron chi connectivity index (χ0n) is 14.1. The fourth-order valence-corrected chi connectivity index (χ4v) is 3.41. The number of fused-ring (bicyclic) bond motifs is 1. The van der Waals surface area contributed by atoms with E-state index in [0.29, 0.717) is 24.0 Å². The molecule has 1 unspecified atom stereocenters. The topological polar surface area (TPSA) is 67.3 Å². The van der Waals surface area contributed by atoms with Gasteiger partial charge in [-0.25, -0.2) is 4.98 Å². The van der Waals surface area contributed by atoms with E-state index in [1.807, 2.05) is 23.1 Å². The second kappa shape index (κ2) is 7.09. The predicted octanol–water partition coefficient (Wildman–Crippen LogP) is 2.38. The quantitative estimate of drug-likeness (QED) is 0.927. The van der Waals surface area contributed by atoms with Crippen molar-refractivity contribution in [3.05, 3.63) is 47.9 Å². The van der Waals surface area contributed by atoms with Gasteiger partial charge in [-0.2, -0.15) is 0 Å². The molecule has 0 radical (unpaired) electrons. The molecule has 2 aliphatic heterocycles. The maximum atomic E-state index is 12.4. The molecule has 0 saturated carbocycles. The van der Waals surface area contributed by atoms with Gasteiger partial charge in [-0.3, -0.25) is 9.78 Å². The Bertz CT molecular complexity index is 759. The van der Waals surface area contributed by atoms with E-state index in [2.05, 4.69) is 21.4 Å². The van der Waals surface area contributed by atoms with Crippen molar-refractivity contribution in [1.29, 1.82) is 0 Å². The zero-order valence-corrected chi connectivity index (χ0v) is 14.1. The third kappa shape index (κ3) is 3.57. The molecule has 0 bridgehead atoms. The molecule has 0 aliphatic carbocycles. The molecule has 4 rings (SSSR count). The number of nitrogens with one attached hydrogen (secondary N) is 1. The number of para-hydroxylation sites is 1. The Labute approximate surface area is 147 Å². The first-order chi connectivity index (χ1) is 12.3. The molecule has 2 aliphatic rings. The summed E-state index contributed by atoms with van der Waals surface area (Å²) in [5.74, 6) is 1.97. The van der Waals surface area contributed by atoms with Crippen LogP contribution < -0.4 is 10.1 Å². The lowest BCUT2D eigenvalue weighted by Crippen LogP contribution is -2.29. The average molecular weight is 338 g/mol. The maximum Gasteiger partial charge on any atom is 0.274 e. The summed E-state index contributed by atoms with van der Waals surface area (Å²) in [4.78, 5) is 22.9. The van der Waals surface area contributed by atoms with Crippen molar-refractivity contribution in [2.75, 3.05) is 31.6 Å². The highest BCUT2D eigenvalue weighted by Gasteiger charge is 2.22. The first-order valence-electron chi connectivity index (χ1n) is 8.85. The molecule has 1 atom stereocenters. The van der Waals surface area contributed by atoms with Gasteiger partial charge in [0.05, 0.1) is 19.0 Å². The zero-order chi connectivity index (χ0) is 17.1. The molecule has 25 heavy (non-hydrogen) atoms. The van der Waals surface area contributed by atoms with Crippen molar-refractivity contribution in [3.63, 3.8) is 0 Å². The fourth-order valence-electron chi connectivity index (χ4n) is 3.41. The lowest BCUT2D eigenvalue weighted by molar-refractivity contribution is 0.0786. The maximum absolute atomic E-state index is 12.4. The van der Waals surface area contributed by atoms with Crippen molar-refractivity contribution >= 4 is 11.7 Å². The highest BCUT2D eigenvalue weighted by atomic mass is 16.5. The number of nitrogens with zero attached hydrogens (tertiary/aromatic N) is 3. The smallest absolute Gasteiger partial charge is 0.274 e. The Kier molecular flexibility index (Phi) is 4.50. The van der Waals surface area contributed by atoms with Gasteiger partial charge in [0.15, 0.2) is 0 Å². The van der Waals surface area contributed by atoms with Gasteiger partial charge in [0, 0.05) is 25.6 Å². The predicted molar refractivity (Wildman–Crippen MR) is 94.8 cm³/mol. The normalized spacial score (nSPS) is 19.2. The van der Waals surface area contributed by atoms with Gasteiger partial charge >= 0.3 is 0 Å². The molecule has 1 aromatic carbocycles. The van der Waals surface area contributed by atoms with Crippen molar-refractivity contribution in [2.24, 2.45) is 5.92 Å². The molecule has 1 aromatic heterocycles. The molecule has 6 nitrogen and oxygen atoms in total. The number of rotatable bonds is 4. The first kappa shape index (κ1) is 15.9. The highest BCUT2D eigenvalue weighted by molar-refractivity contribution is 5.92. The molecular weight excluding hydrogens is 316 g/mol. The summed E-state index contributed by atoms with van der Waals surface area (Å²) in [7, 11) is 0. The number of amides is 1. The number of ether oxygens (including phenoxy) is 1.